The summed E-state index contributed by atoms with van der Waals surface area (Å²) >= 11 is 1.66. The van der Waals surface area contributed by atoms with E-state index >= 15 is 0 Å². The van der Waals surface area contributed by atoms with Crippen molar-refractivity contribution in [3.05, 3.63) is 40.2 Å². The minimum atomic E-state index is 0.265. The maximum atomic E-state index is 12.7. The first-order valence-electron chi connectivity index (χ1n) is 8.98. The Hall–Kier alpha value is -1.68. The van der Waals surface area contributed by atoms with Crippen molar-refractivity contribution in [1.29, 1.82) is 0 Å². The molecule has 0 N–H and O–H groups in total. The number of benzene rings is 1. The Morgan fingerprint density at radius 2 is 1.92 bits per heavy atom. The highest BCUT2D eigenvalue weighted by molar-refractivity contribution is 7.09. The number of carbonyl (C=O) groups is 1. The van der Waals surface area contributed by atoms with Crippen molar-refractivity contribution < 1.29 is 4.79 Å². The summed E-state index contributed by atoms with van der Waals surface area (Å²) in [6, 6.07) is 8.74. The molecule has 0 bridgehead atoms. The van der Waals surface area contributed by atoms with Crippen molar-refractivity contribution in [3.63, 3.8) is 0 Å². The Morgan fingerprint density at radius 1 is 1.21 bits per heavy atom. The molecule has 3 rings (SSSR count). The van der Waals surface area contributed by atoms with Crippen molar-refractivity contribution >= 4 is 17.2 Å². The lowest BCUT2D eigenvalue weighted by Gasteiger charge is -2.33. The lowest BCUT2D eigenvalue weighted by Crippen LogP contribution is -2.42. The Balaban J connectivity index is 1.65. The second-order valence-corrected chi connectivity index (χ2v) is 7.66. The summed E-state index contributed by atoms with van der Waals surface area (Å²) in [6.07, 6.45) is 6.68. The Morgan fingerprint density at radius 3 is 2.50 bits per heavy atom. The van der Waals surface area contributed by atoms with Gasteiger partial charge in [-0.1, -0.05) is 43.5 Å². The zero-order valence-electron chi connectivity index (χ0n) is 14.6. The first-order chi connectivity index (χ1) is 11.7. The predicted molar refractivity (Wildman–Crippen MR) is 100 cm³/mol. The van der Waals surface area contributed by atoms with E-state index < -0.39 is 0 Å². The van der Waals surface area contributed by atoms with Gasteiger partial charge in [-0.2, -0.15) is 0 Å². The van der Waals surface area contributed by atoms with Crippen LogP contribution in [0.15, 0.2) is 29.6 Å². The van der Waals surface area contributed by atoms with Crippen LogP contribution in [-0.2, 0) is 11.2 Å². The summed E-state index contributed by atoms with van der Waals surface area (Å²) in [4.78, 5) is 19.3. The van der Waals surface area contributed by atoms with E-state index in [-0.39, 0.29) is 5.91 Å². The fourth-order valence-electron chi connectivity index (χ4n) is 3.60. The van der Waals surface area contributed by atoms with Crippen LogP contribution < -0.4 is 0 Å². The molecule has 3 nitrogen and oxygen atoms in total. The summed E-state index contributed by atoms with van der Waals surface area (Å²) in [5.74, 6) is 0.265. The van der Waals surface area contributed by atoms with Crippen molar-refractivity contribution in [2.45, 2.75) is 58.4 Å². The Bertz CT molecular complexity index is 671. The molecule has 0 saturated heterocycles. The fourth-order valence-corrected chi connectivity index (χ4v) is 4.22. The van der Waals surface area contributed by atoms with Crippen LogP contribution in [0.3, 0.4) is 0 Å². The number of thiazole rings is 1. The molecular weight excluding hydrogens is 316 g/mol. The zero-order chi connectivity index (χ0) is 16.9. The van der Waals surface area contributed by atoms with Crippen LogP contribution in [0.1, 0.15) is 49.6 Å². The standard InChI is InChI=1S/C20H26N2OS/c1-3-22(18-7-5-4-6-8-18)20(23)13-16-9-11-17(12-10-16)19-14-24-15(2)21-19/h9-12,14,18H,3-8,13H2,1-2H3. The normalized spacial score (nSPS) is 15.4. The third kappa shape index (κ3) is 4.04. The van der Waals surface area contributed by atoms with Gasteiger partial charge >= 0.3 is 0 Å². The van der Waals surface area contributed by atoms with Gasteiger partial charge in [-0.05, 0) is 32.3 Å². The topological polar surface area (TPSA) is 33.2 Å². The fraction of sp³-hybridized carbons (Fsp3) is 0.500. The number of aromatic nitrogens is 1. The third-order valence-electron chi connectivity index (χ3n) is 4.90. The van der Waals surface area contributed by atoms with Crippen molar-refractivity contribution in [2.75, 3.05) is 6.54 Å². The molecule has 1 aliphatic rings. The van der Waals surface area contributed by atoms with E-state index in [1.165, 1.54) is 32.1 Å². The summed E-state index contributed by atoms with van der Waals surface area (Å²) in [6.45, 7) is 4.94. The maximum Gasteiger partial charge on any atom is 0.227 e. The van der Waals surface area contributed by atoms with Gasteiger partial charge in [0.25, 0.3) is 0 Å². The van der Waals surface area contributed by atoms with Crippen LogP contribution in [0, 0.1) is 6.92 Å². The molecule has 1 aromatic carbocycles. The van der Waals surface area contributed by atoms with Crippen molar-refractivity contribution in [1.82, 2.24) is 9.88 Å². The largest absolute Gasteiger partial charge is 0.340 e. The maximum absolute atomic E-state index is 12.7. The third-order valence-corrected chi connectivity index (χ3v) is 5.67. The predicted octanol–water partition coefficient (Wildman–Crippen LogP) is 4.84. The molecule has 1 amide bonds. The molecule has 128 valence electrons. The van der Waals surface area contributed by atoms with Crippen LogP contribution in [0.2, 0.25) is 0 Å². The van der Waals surface area contributed by atoms with Crippen LogP contribution in [0.4, 0.5) is 0 Å². The summed E-state index contributed by atoms with van der Waals surface area (Å²) in [7, 11) is 0. The first-order valence-corrected chi connectivity index (χ1v) is 9.86. The van der Waals surface area contributed by atoms with Gasteiger partial charge in [0.2, 0.25) is 5.91 Å². The van der Waals surface area contributed by atoms with E-state index in [9.17, 15) is 4.79 Å². The van der Waals surface area contributed by atoms with Gasteiger partial charge < -0.3 is 4.90 Å². The molecule has 24 heavy (non-hydrogen) atoms. The number of carbonyl (C=O) groups excluding carboxylic acids is 1. The minimum absolute atomic E-state index is 0.265. The smallest absolute Gasteiger partial charge is 0.227 e. The second-order valence-electron chi connectivity index (χ2n) is 6.60. The Labute approximate surface area is 148 Å². The lowest BCUT2D eigenvalue weighted by molar-refractivity contribution is -0.133. The SMILES string of the molecule is CCN(C(=O)Cc1ccc(-c2csc(C)n2)cc1)C1CCCCC1. The number of nitrogens with zero attached hydrogens (tertiary/aromatic N) is 2. The monoisotopic (exact) mass is 342 g/mol. The number of likely N-dealkylation sites (N-methyl/N-ethyl adjacent to an activating group) is 1. The molecule has 0 aliphatic heterocycles. The number of hydrogen-bond acceptors (Lipinski definition) is 3. The second kappa shape index (κ2) is 7.93. The molecule has 0 spiro atoms. The summed E-state index contributed by atoms with van der Waals surface area (Å²) < 4.78 is 0. The quantitative estimate of drug-likeness (QED) is 0.779. The molecule has 0 radical (unpaired) electrons. The molecule has 1 heterocycles. The number of aryl methyl sites for hydroxylation is 1. The molecule has 0 unspecified atom stereocenters. The lowest BCUT2D eigenvalue weighted by atomic mass is 9.93. The van der Waals surface area contributed by atoms with E-state index in [4.69, 9.17) is 0 Å². The first kappa shape index (κ1) is 17.2. The molecule has 0 atom stereocenters. The van der Waals surface area contributed by atoms with Gasteiger partial charge in [0.15, 0.2) is 0 Å². The molecule has 4 heteroatoms. The molecule has 1 aliphatic carbocycles. The summed E-state index contributed by atoms with van der Waals surface area (Å²) in [5, 5.41) is 3.16. The van der Waals surface area contributed by atoms with Crippen molar-refractivity contribution in [3.8, 4) is 11.3 Å². The average molecular weight is 343 g/mol. The van der Waals surface area contributed by atoms with Crippen LogP contribution in [0.25, 0.3) is 11.3 Å². The van der Waals surface area contributed by atoms with Gasteiger partial charge in [-0.3, -0.25) is 4.79 Å². The molecule has 1 saturated carbocycles. The number of amides is 1. The highest BCUT2D eigenvalue weighted by atomic mass is 32.1. The zero-order valence-corrected chi connectivity index (χ0v) is 15.4. The van der Waals surface area contributed by atoms with Crippen molar-refractivity contribution in [2.24, 2.45) is 0 Å². The van der Waals surface area contributed by atoms with Gasteiger partial charge in [-0.25, -0.2) is 4.98 Å². The number of hydrogen-bond donors (Lipinski definition) is 0. The minimum Gasteiger partial charge on any atom is -0.340 e. The number of rotatable bonds is 5. The van der Waals surface area contributed by atoms with Crippen LogP contribution in [0.5, 0.6) is 0 Å². The van der Waals surface area contributed by atoms with Crippen LogP contribution in [-0.4, -0.2) is 28.4 Å². The van der Waals surface area contributed by atoms with E-state index in [1.807, 2.05) is 6.92 Å². The highest BCUT2D eigenvalue weighted by Gasteiger charge is 2.23. The average Bonchev–Trinajstić information content (AvgIpc) is 3.04. The molecule has 1 aromatic heterocycles. The van der Waals surface area contributed by atoms with E-state index in [2.05, 4.69) is 46.5 Å². The van der Waals surface area contributed by atoms with E-state index in [0.717, 1.165) is 28.4 Å². The van der Waals surface area contributed by atoms with Gasteiger partial charge in [-0.15, -0.1) is 11.3 Å². The molecule has 1 fully saturated rings. The highest BCUT2D eigenvalue weighted by Crippen LogP contribution is 2.24. The van der Waals surface area contributed by atoms with E-state index in [0.29, 0.717) is 12.5 Å². The van der Waals surface area contributed by atoms with Gasteiger partial charge in [0.1, 0.15) is 0 Å². The molecule has 2 aromatic rings. The van der Waals surface area contributed by atoms with Crippen LogP contribution >= 0.6 is 11.3 Å². The molecular formula is C20H26N2OS. The Kier molecular flexibility index (Phi) is 5.67. The van der Waals surface area contributed by atoms with Gasteiger partial charge in [0.05, 0.1) is 17.1 Å². The van der Waals surface area contributed by atoms with Gasteiger partial charge in [0, 0.05) is 23.5 Å². The van der Waals surface area contributed by atoms with E-state index in [1.54, 1.807) is 11.3 Å². The summed E-state index contributed by atoms with van der Waals surface area (Å²) in [5.41, 5.74) is 3.23.